The van der Waals surface area contributed by atoms with Crippen LogP contribution in [0.25, 0.3) is 0 Å². The van der Waals surface area contributed by atoms with Crippen molar-refractivity contribution >= 4 is 0 Å². The molecule has 2 saturated carbocycles. The highest BCUT2D eigenvalue weighted by atomic mass is 14.9. The Hall–Kier alpha value is -0.0400. The summed E-state index contributed by atoms with van der Waals surface area (Å²) in [5.74, 6) is 3.05. The molecule has 82 valence electrons. The largest absolute Gasteiger partial charge is 0.316 e. The van der Waals surface area contributed by atoms with Gasteiger partial charge in [0.25, 0.3) is 0 Å². The maximum atomic E-state index is 3.59. The van der Waals surface area contributed by atoms with Crippen molar-refractivity contribution in [2.75, 3.05) is 7.05 Å². The van der Waals surface area contributed by atoms with Crippen molar-refractivity contribution in [1.29, 1.82) is 0 Å². The molecule has 1 N–H and O–H groups in total. The van der Waals surface area contributed by atoms with E-state index >= 15 is 0 Å². The van der Waals surface area contributed by atoms with Crippen molar-refractivity contribution in [2.24, 2.45) is 17.8 Å². The summed E-state index contributed by atoms with van der Waals surface area (Å²) >= 11 is 0. The quantitative estimate of drug-likeness (QED) is 0.726. The summed E-state index contributed by atoms with van der Waals surface area (Å²) in [6.45, 7) is 2.35. The molecule has 0 heterocycles. The molecule has 0 aromatic heterocycles. The van der Waals surface area contributed by atoms with Crippen molar-refractivity contribution < 1.29 is 0 Å². The fraction of sp³-hybridized carbons (Fsp3) is 1.00. The van der Waals surface area contributed by atoms with Gasteiger partial charge in [0.15, 0.2) is 0 Å². The lowest BCUT2D eigenvalue weighted by atomic mass is 9.74. The Bertz CT molecular complexity index is 174. The van der Waals surface area contributed by atoms with Crippen LogP contribution in [0.5, 0.6) is 0 Å². The second-order valence-electron chi connectivity index (χ2n) is 5.35. The van der Waals surface area contributed by atoms with Gasteiger partial charge in [-0.25, -0.2) is 0 Å². The SMILES string of the molecule is CCC1CCC(C(NC)C2CCC2)C1. The van der Waals surface area contributed by atoms with Crippen molar-refractivity contribution in [1.82, 2.24) is 5.32 Å². The molecule has 2 aliphatic rings. The molecule has 0 aromatic carbocycles. The molecule has 2 rings (SSSR count). The third kappa shape index (κ3) is 1.98. The highest BCUT2D eigenvalue weighted by Crippen LogP contribution is 2.41. The maximum absolute atomic E-state index is 3.59. The summed E-state index contributed by atoms with van der Waals surface area (Å²) in [4.78, 5) is 0. The van der Waals surface area contributed by atoms with E-state index < -0.39 is 0 Å². The van der Waals surface area contributed by atoms with E-state index in [1.807, 2.05) is 0 Å². The zero-order valence-electron chi connectivity index (χ0n) is 9.76. The minimum absolute atomic E-state index is 0.847. The Balaban J connectivity index is 1.86. The second-order valence-corrected chi connectivity index (χ2v) is 5.35. The van der Waals surface area contributed by atoms with Crippen molar-refractivity contribution in [2.45, 2.75) is 57.9 Å². The van der Waals surface area contributed by atoms with Gasteiger partial charge in [-0.1, -0.05) is 26.2 Å². The van der Waals surface area contributed by atoms with Crippen LogP contribution in [0.4, 0.5) is 0 Å². The summed E-state index contributed by atoms with van der Waals surface area (Å²) in [6.07, 6.45) is 10.3. The van der Waals surface area contributed by atoms with Gasteiger partial charge >= 0.3 is 0 Å². The Morgan fingerprint density at radius 1 is 1.14 bits per heavy atom. The van der Waals surface area contributed by atoms with Gasteiger partial charge in [-0.3, -0.25) is 0 Å². The monoisotopic (exact) mass is 195 g/mol. The smallest absolute Gasteiger partial charge is 0.0121 e. The van der Waals surface area contributed by atoms with Crippen LogP contribution >= 0.6 is 0 Å². The molecule has 0 bridgehead atoms. The van der Waals surface area contributed by atoms with Crippen LogP contribution in [0.2, 0.25) is 0 Å². The zero-order chi connectivity index (χ0) is 9.97. The number of hydrogen-bond donors (Lipinski definition) is 1. The summed E-state index contributed by atoms with van der Waals surface area (Å²) < 4.78 is 0. The Morgan fingerprint density at radius 2 is 1.93 bits per heavy atom. The van der Waals surface area contributed by atoms with Crippen LogP contribution in [-0.4, -0.2) is 13.1 Å². The fourth-order valence-electron chi connectivity index (χ4n) is 3.47. The van der Waals surface area contributed by atoms with Crippen LogP contribution in [0.15, 0.2) is 0 Å². The summed E-state index contributed by atoms with van der Waals surface area (Å²) in [5, 5.41) is 3.59. The predicted molar refractivity (Wildman–Crippen MR) is 61.3 cm³/mol. The Labute approximate surface area is 88.7 Å². The third-order valence-corrected chi connectivity index (χ3v) is 4.66. The first-order valence-electron chi connectivity index (χ1n) is 6.52. The van der Waals surface area contributed by atoms with Crippen LogP contribution in [-0.2, 0) is 0 Å². The molecule has 1 nitrogen and oxygen atoms in total. The van der Waals surface area contributed by atoms with Gasteiger partial charge in [0, 0.05) is 6.04 Å². The average Bonchev–Trinajstić information content (AvgIpc) is 2.58. The lowest BCUT2D eigenvalue weighted by Crippen LogP contribution is -2.42. The molecule has 0 aliphatic heterocycles. The Kier molecular flexibility index (Phi) is 3.48. The minimum Gasteiger partial charge on any atom is -0.316 e. The lowest BCUT2D eigenvalue weighted by molar-refractivity contribution is 0.180. The molecule has 0 saturated heterocycles. The van der Waals surface area contributed by atoms with Gasteiger partial charge in [-0.05, 0) is 50.5 Å². The summed E-state index contributed by atoms with van der Waals surface area (Å²) in [6, 6.07) is 0.847. The van der Waals surface area contributed by atoms with Crippen LogP contribution in [0.1, 0.15) is 51.9 Å². The molecule has 3 unspecified atom stereocenters. The van der Waals surface area contributed by atoms with Gasteiger partial charge in [0.2, 0.25) is 0 Å². The first-order chi connectivity index (χ1) is 6.85. The van der Waals surface area contributed by atoms with Crippen LogP contribution in [0, 0.1) is 17.8 Å². The van der Waals surface area contributed by atoms with Gasteiger partial charge in [0.05, 0.1) is 0 Å². The van der Waals surface area contributed by atoms with E-state index in [1.165, 1.54) is 44.9 Å². The predicted octanol–water partition coefficient (Wildman–Crippen LogP) is 3.20. The van der Waals surface area contributed by atoms with E-state index in [0.29, 0.717) is 0 Å². The molecule has 2 fully saturated rings. The van der Waals surface area contributed by atoms with E-state index in [9.17, 15) is 0 Å². The minimum atomic E-state index is 0.847. The normalized spacial score (nSPS) is 35.6. The topological polar surface area (TPSA) is 12.0 Å². The first-order valence-corrected chi connectivity index (χ1v) is 6.52. The highest BCUT2D eigenvalue weighted by Gasteiger charge is 2.35. The fourth-order valence-corrected chi connectivity index (χ4v) is 3.47. The molecular weight excluding hydrogens is 170 g/mol. The number of hydrogen-bond acceptors (Lipinski definition) is 1. The molecule has 0 amide bonds. The second kappa shape index (κ2) is 4.65. The van der Waals surface area contributed by atoms with E-state index in [1.54, 1.807) is 0 Å². The molecule has 0 spiro atoms. The average molecular weight is 195 g/mol. The van der Waals surface area contributed by atoms with E-state index in [-0.39, 0.29) is 0 Å². The van der Waals surface area contributed by atoms with Crippen LogP contribution < -0.4 is 5.32 Å². The standard InChI is InChI=1S/C13H25N/c1-3-10-7-8-12(9-10)13(14-2)11-5-4-6-11/h10-14H,3-9H2,1-2H3. The van der Waals surface area contributed by atoms with Gasteiger partial charge < -0.3 is 5.32 Å². The first kappa shape index (κ1) is 10.5. The lowest BCUT2D eigenvalue weighted by Gasteiger charge is -2.37. The van der Waals surface area contributed by atoms with Crippen molar-refractivity contribution in [3.05, 3.63) is 0 Å². The molecule has 3 atom stereocenters. The highest BCUT2D eigenvalue weighted by molar-refractivity contribution is 4.90. The maximum Gasteiger partial charge on any atom is 0.0121 e. The molecular formula is C13H25N. The molecule has 14 heavy (non-hydrogen) atoms. The third-order valence-electron chi connectivity index (χ3n) is 4.66. The molecule has 0 radical (unpaired) electrons. The van der Waals surface area contributed by atoms with Gasteiger partial charge in [-0.2, -0.15) is 0 Å². The van der Waals surface area contributed by atoms with Gasteiger partial charge in [0.1, 0.15) is 0 Å². The summed E-state index contributed by atoms with van der Waals surface area (Å²) in [5.41, 5.74) is 0. The Morgan fingerprint density at radius 3 is 2.36 bits per heavy atom. The molecule has 2 aliphatic carbocycles. The van der Waals surface area contributed by atoms with E-state index in [4.69, 9.17) is 0 Å². The number of rotatable bonds is 4. The zero-order valence-corrected chi connectivity index (χ0v) is 9.76. The van der Waals surface area contributed by atoms with Crippen molar-refractivity contribution in [3.63, 3.8) is 0 Å². The molecule has 0 aromatic rings. The molecule has 1 heteroatoms. The van der Waals surface area contributed by atoms with Gasteiger partial charge in [-0.15, -0.1) is 0 Å². The summed E-state index contributed by atoms with van der Waals surface area (Å²) in [7, 11) is 2.17. The number of nitrogens with one attached hydrogen (secondary N) is 1. The van der Waals surface area contributed by atoms with E-state index in [2.05, 4.69) is 19.3 Å². The van der Waals surface area contributed by atoms with Crippen molar-refractivity contribution in [3.8, 4) is 0 Å². The van der Waals surface area contributed by atoms with Crippen LogP contribution in [0.3, 0.4) is 0 Å². The van der Waals surface area contributed by atoms with E-state index in [0.717, 1.165) is 23.8 Å².